The summed E-state index contributed by atoms with van der Waals surface area (Å²) in [6.45, 7) is 4.71. The lowest BCUT2D eigenvalue weighted by atomic mass is 10.2. The van der Waals surface area contributed by atoms with Crippen LogP contribution < -0.4 is 0 Å². The molecule has 1 aliphatic heterocycles. The van der Waals surface area contributed by atoms with Crippen LogP contribution in [-0.2, 0) is 11.3 Å². The van der Waals surface area contributed by atoms with Gasteiger partial charge in [0.1, 0.15) is 0 Å². The maximum Gasteiger partial charge on any atom is 0.0594 e. The second kappa shape index (κ2) is 4.35. The van der Waals surface area contributed by atoms with Crippen LogP contribution in [0.2, 0.25) is 0 Å². The zero-order chi connectivity index (χ0) is 8.93. The summed E-state index contributed by atoms with van der Waals surface area (Å²) in [5.74, 6) is 0. The normalized spacial score (nSPS) is 18.8. The highest BCUT2D eigenvalue weighted by molar-refractivity contribution is 5.07. The fourth-order valence-electron chi connectivity index (χ4n) is 1.46. The molecule has 1 aromatic heterocycles. The lowest BCUT2D eigenvalue weighted by Crippen LogP contribution is -2.35. The Morgan fingerprint density at radius 2 is 2.31 bits per heavy atom. The molecule has 13 heavy (non-hydrogen) atoms. The minimum atomic E-state index is 0.851. The summed E-state index contributed by atoms with van der Waals surface area (Å²) in [4.78, 5) is 6.41. The highest BCUT2D eigenvalue weighted by Crippen LogP contribution is 2.04. The number of morpholine rings is 1. The van der Waals surface area contributed by atoms with E-state index in [1.165, 1.54) is 5.56 Å². The molecule has 1 saturated heterocycles. The first-order chi connectivity index (χ1) is 6.45. The number of pyridine rings is 1. The molecule has 69 valence electrons. The molecule has 0 unspecified atom stereocenters. The molecular formula is C10H13N2O. The predicted octanol–water partition coefficient (Wildman–Crippen LogP) is 0.714. The Morgan fingerprint density at radius 1 is 1.46 bits per heavy atom. The molecule has 3 heteroatoms. The molecule has 1 fully saturated rings. The zero-order valence-corrected chi connectivity index (χ0v) is 7.57. The van der Waals surface area contributed by atoms with Gasteiger partial charge in [0.15, 0.2) is 0 Å². The molecule has 3 nitrogen and oxygen atoms in total. The molecule has 2 heterocycles. The van der Waals surface area contributed by atoms with E-state index >= 15 is 0 Å². The standard InChI is InChI=1S/C10H13N2O/c1-2-10(8-11-3-1)9-12-4-6-13-7-5-12/h2-3,8H,4-7,9H2. The van der Waals surface area contributed by atoms with Crippen molar-refractivity contribution in [3.63, 3.8) is 0 Å². The van der Waals surface area contributed by atoms with Crippen LogP contribution in [0.3, 0.4) is 0 Å². The van der Waals surface area contributed by atoms with E-state index in [9.17, 15) is 0 Å². The SMILES string of the molecule is [c]1cncc(CN2CCOCC2)c1. The monoisotopic (exact) mass is 177 g/mol. The highest BCUT2D eigenvalue weighted by atomic mass is 16.5. The van der Waals surface area contributed by atoms with Crippen molar-refractivity contribution in [2.75, 3.05) is 26.3 Å². The minimum absolute atomic E-state index is 0.851. The van der Waals surface area contributed by atoms with Crippen molar-refractivity contribution in [2.45, 2.75) is 6.54 Å². The van der Waals surface area contributed by atoms with Gasteiger partial charge in [0.25, 0.3) is 0 Å². The lowest BCUT2D eigenvalue weighted by molar-refractivity contribution is 0.0341. The molecule has 0 aromatic carbocycles. The summed E-state index contributed by atoms with van der Waals surface area (Å²) >= 11 is 0. The van der Waals surface area contributed by atoms with Crippen LogP contribution in [0.25, 0.3) is 0 Å². The van der Waals surface area contributed by atoms with E-state index in [1.807, 2.05) is 12.3 Å². The summed E-state index contributed by atoms with van der Waals surface area (Å²) in [5, 5.41) is 0. The summed E-state index contributed by atoms with van der Waals surface area (Å²) in [6.07, 6.45) is 3.58. The van der Waals surface area contributed by atoms with Gasteiger partial charge in [-0.1, -0.05) is 0 Å². The maximum atomic E-state index is 5.27. The Morgan fingerprint density at radius 3 is 3.00 bits per heavy atom. The fourth-order valence-corrected chi connectivity index (χ4v) is 1.46. The number of hydrogen-bond donors (Lipinski definition) is 0. The van der Waals surface area contributed by atoms with E-state index in [1.54, 1.807) is 6.20 Å². The maximum absolute atomic E-state index is 5.27. The Balaban J connectivity index is 1.90. The largest absolute Gasteiger partial charge is 0.379 e. The average molecular weight is 177 g/mol. The number of hydrogen-bond acceptors (Lipinski definition) is 3. The molecule has 1 radical (unpaired) electrons. The summed E-state index contributed by atoms with van der Waals surface area (Å²) in [5.41, 5.74) is 1.23. The van der Waals surface area contributed by atoms with Gasteiger partial charge in [0.05, 0.1) is 13.2 Å². The first kappa shape index (κ1) is 8.66. The second-order valence-corrected chi connectivity index (χ2v) is 3.18. The smallest absolute Gasteiger partial charge is 0.0594 e. The van der Waals surface area contributed by atoms with Crippen LogP contribution in [0, 0.1) is 6.07 Å². The van der Waals surface area contributed by atoms with Crippen molar-refractivity contribution in [1.29, 1.82) is 0 Å². The van der Waals surface area contributed by atoms with Gasteiger partial charge >= 0.3 is 0 Å². The highest BCUT2D eigenvalue weighted by Gasteiger charge is 2.09. The van der Waals surface area contributed by atoms with Crippen molar-refractivity contribution in [1.82, 2.24) is 9.88 Å². The Kier molecular flexibility index (Phi) is 2.90. The molecule has 0 amide bonds. The first-order valence-corrected chi connectivity index (χ1v) is 4.55. The van der Waals surface area contributed by atoms with E-state index in [4.69, 9.17) is 4.74 Å². The van der Waals surface area contributed by atoms with Gasteiger partial charge < -0.3 is 4.74 Å². The van der Waals surface area contributed by atoms with Gasteiger partial charge in [-0.25, -0.2) is 0 Å². The zero-order valence-electron chi connectivity index (χ0n) is 7.57. The summed E-state index contributed by atoms with van der Waals surface area (Å²) < 4.78 is 5.27. The Labute approximate surface area is 78.3 Å². The van der Waals surface area contributed by atoms with Gasteiger partial charge in [0.2, 0.25) is 0 Å². The molecule has 0 bridgehead atoms. The van der Waals surface area contributed by atoms with Crippen molar-refractivity contribution in [3.05, 3.63) is 30.1 Å². The van der Waals surface area contributed by atoms with E-state index in [-0.39, 0.29) is 0 Å². The molecule has 2 rings (SSSR count). The quantitative estimate of drug-likeness (QED) is 0.665. The number of aromatic nitrogens is 1. The molecule has 0 aliphatic carbocycles. The van der Waals surface area contributed by atoms with E-state index in [0.29, 0.717) is 0 Å². The van der Waals surface area contributed by atoms with E-state index < -0.39 is 0 Å². The molecule has 0 atom stereocenters. The number of nitrogens with zero attached hydrogens (tertiary/aromatic N) is 2. The Hall–Kier alpha value is -0.930. The topological polar surface area (TPSA) is 25.4 Å². The molecule has 0 N–H and O–H groups in total. The van der Waals surface area contributed by atoms with E-state index in [0.717, 1.165) is 32.8 Å². The van der Waals surface area contributed by atoms with Crippen molar-refractivity contribution in [2.24, 2.45) is 0 Å². The first-order valence-electron chi connectivity index (χ1n) is 4.55. The van der Waals surface area contributed by atoms with Crippen LogP contribution in [0.4, 0.5) is 0 Å². The molecule has 0 spiro atoms. The molecule has 1 aliphatic rings. The summed E-state index contributed by atoms with van der Waals surface area (Å²) in [6, 6.07) is 4.97. The third-order valence-electron chi connectivity index (χ3n) is 2.17. The summed E-state index contributed by atoms with van der Waals surface area (Å²) in [7, 11) is 0. The van der Waals surface area contributed by atoms with Crippen LogP contribution >= 0.6 is 0 Å². The van der Waals surface area contributed by atoms with Gasteiger partial charge in [-0.15, -0.1) is 0 Å². The predicted molar refractivity (Wildman–Crippen MR) is 49.2 cm³/mol. The minimum Gasteiger partial charge on any atom is -0.379 e. The number of ether oxygens (including phenoxy) is 1. The van der Waals surface area contributed by atoms with Crippen molar-refractivity contribution < 1.29 is 4.74 Å². The van der Waals surface area contributed by atoms with Gasteiger partial charge in [-0.3, -0.25) is 9.88 Å². The molecule has 0 saturated carbocycles. The molecule has 1 aromatic rings. The average Bonchev–Trinajstić information content (AvgIpc) is 2.21. The van der Waals surface area contributed by atoms with Crippen LogP contribution in [0.15, 0.2) is 18.5 Å². The third-order valence-corrected chi connectivity index (χ3v) is 2.17. The molecular weight excluding hydrogens is 164 g/mol. The second-order valence-electron chi connectivity index (χ2n) is 3.18. The van der Waals surface area contributed by atoms with Gasteiger partial charge in [0, 0.05) is 38.1 Å². The van der Waals surface area contributed by atoms with Crippen LogP contribution in [0.1, 0.15) is 5.56 Å². The fraction of sp³-hybridized carbons (Fsp3) is 0.500. The third kappa shape index (κ3) is 2.50. The van der Waals surface area contributed by atoms with Crippen molar-refractivity contribution >= 4 is 0 Å². The lowest BCUT2D eigenvalue weighted by Gasteiger charge is -2.26. The van der Waals surface area contributed by atoms with Crippen molar-refractivity contribution in [3.8, 4) is 0 Å². The van der Waals surface area contributed by atoms with Crippen LogP contribution in [-0.4, -0.2) is 36.2 Å². The Bertz CT molecular complexity index is 244. The van der Waals surface area contributed by atoms with E-state index in [2.05, 4.69) is 16.0 Å². The van der Waals surface area contributed by atoms with Gasteiger partial charge in [-0.05, 0) is 11.6 Å². The van der Waals surface area contributed by atoms with Crippen LogP contribution in [0.5, 0.6) is 0 Å². The van der Waals surface area contributed by atoms with Gasteiger partial charge in [-0.2, -0.15) is 0 Å². The number of rotatable bonds is 2.